The van der Waals surface area contributed by atoms with E-state index >= 15 is 0 Å². The highest BCUT2D eigenvalue weighted by atomic mass is 16.1. The molecule has 4 nitrogen and oxygen atoms in total. The predicted octanol–water partition coefficient (Wildman–Crippen LogP) is 4.96. The Morgan fingerprint density at radius 1 is 1.12 bits per heavy atom. The molecule has 0 aliphatic carbocycles. The van der Waals surface area contributed by atoms with Gasteiger partial charge in [-0.3, -0.25) is 4.79 Å². The Bertz CT molecular complexity index is 924. The second-order valence-electron chi connectivity index (χ2n) is 6.57. The van der Waals surface area contributed by atoms with E-state index in [0.29, 0.717) is 5.92 Å². The summed E-state index contributed by atoms with van der Waals surface area (Å²) in [4.78, 5) is 12.4. The van der Waals surface area contributed by atoms with Crippen molar-refractivity contribution in [2.24, 2.45) is 0 Å². The minimum absolute atomic E-state index is 0.145. The Morgan fingerprint density at radius 2 is 1.88 bits per heavy atom. The minimum atomic E-state index is -0.145. The Labute approximate surface area is 154 Å². The number of aryl methyl sites for hydroxylation is 1. The smallest absolute Gasteiger partial charge is 0.248 e. The third-order valence-electron chi connectivity index (χ3n) is 4.23. The molecule has 0 unspecified atom stereocenters. The van der Waals surface area contributed by atoms with Gasteiger partial charge in [-0.15, -0.1) is 0 Å². The summed E-state index contributed by atoms with van der Waals surface area (Å²) < 4.78 is 1.79. The second kappa shape index (κ2) is 7.83. The second-order valence-corrected chi connectivity index (χ2v) is 6.57. The van der Waals surface area contributed by atoms with Crippen LogP contribution in [0.2, 0.25) is 0 Å². The van der Waals surface area contributed by atoms with Crippen LogP contribution in [0, 0.1) is 6.92 Å². The highest BCUT2D eigenvalue weighted by Crippen LogP contribution is 2.27. The van der Waals surface area contributed by atoms with Crippen LogP contribution in [-0.4, -0.2) is 15.7 Å². The predicted molar refractivity (Wildman–Crippen MR) is 106 cm³/mol. The van der Waals surface area contributed by atoms with Gasteiger partial charge in [0.2, 0.25) is 5.91 Å². The van der Waals surface area contributed by atoms with Crippen LogP contribution in [0.4, 0.5) is 5.69 Å². The zero-order chi connectivity index (χ0) is 18.5. The van der Waals surface area contributed by atoms with Gasteiger partial charge in [0.25, 0.3) is 0 Å². The molecule has 3 rings (SSSR count). The van der Waals surface area contributed by atoms with Gasteiger partial charge < -0.3 is 5.32 Å². The molecule has 1 aromatic heterocycles. The van der Waals surface area contributed by atoms with Crippen LogP contribution < -0.4 is 5.32 Å². The number of hydrogen-bond acceptors (Lipinski definition) is 2. The van der Waals surface area contributed by atoms with Crippen molar-refractivity contribution in [1.82, 2.24) is 9.78 Å². The number of rotatable bonds is 5. The van der Waals surface area contributed by atoms with Crippen LogP contribution in [0.15, 0.2) is 67.0 Å². The zero-order valence-corrected chi connectivity index (χ0v) is 15.3. The number of para-hydroxylation sites is 2. The number of benzene rings is 2. The first-order valence-corrected chi connectivity index (χ1v) is 8.73. The van der Waals surface area contributed by atoms with Gasteiger partial charge in [-0.2, -0.15) is 5.10 Å². The summed E-state index contributed by atoms with van der Waals surface area (Å²) >= 11 is 0. The number of carbonyl (C=O) groups is 1. The molecule has 4 heteroatoms. The topological polar surface area (TPSA) is 46.9 Å². The summed E-state index contributed by atoms with van der Waals surface area (Å²) in [6, 6.07) is 16.0. The number of carbonyl (C=O) groups excluding carboxylic acids is 1. The fourth-order valence-corrected chi connectivity index (χ4v) is 2.82. The van der Waals surface area contributed by atoms with E-state index in [4.69, 9.17) is 0 Å². The Morgan fingerprint density at radius 3 is 2.62 bits per heavy atom. The molecule has 1 heterocycles. The SMILES string of the molecule is Cc1cccc(C(C)C)c1NC(=O)/C=C/c1cnn(-c2ccccc2)c1. The summed E-state index contributed by atoms with van der Waals surface area (Å²) in [6.45, 7) is 6.26. The molecule has 0 spiro atoms. The van der Waals surface area contributed by atoms with Crippen molar-refractivity contribution in [3.8, 4) is 5.69 Å². The van der Waals surface area contributed by atoms with Crippen molar-refractivity contribution < 1.29 is 4.79 Å². The average Bonchev–Trinajstić information content (AvgIpc) is 3.11. The van der Waals surface area contributed by atoms with Gasteiger partial charge in [0, 0.05) is 23.5 Å². The molecule has 0 aliphatic rings. The standard InChI is InChI=1S/C22H23N3O/c1-16(2)20-11-7-8-17(3)22(20)24-21(26)13-12-18-14-23-25(15-18)19-9-5-4-6-10-19/h4-16H,1-3H3,(H,24,26)/b13-12+. The van der Waals surface area contributed by atoms with E-state index in [1.807, 2.05) is 55.6 Å². The van der Waals surface area contributed by atoms with Gasteiger partial charge in [-0.25, -0.2) is 4.68 Å². The molecule has 0 fully saturated rings. The molecule has 26 heavy (non-hydrogen) atoms. The molecule has 0 saturated heterocycles. The lowest BCUT2D eigenvalue weighted by Crippen LogP contribution is -2.11. The number of anilines is 1. The summed E-state index contributed by atoms with van der Waals surface area (Å²) in [7, 11) is 0. The molecule has 0 bridgehead atoms. The van der Waals surface area contributed by atoms with Crippen molar-refractivity contribution in [3.63, 3.8) is 0 Å². The van der Waals surface area contributed by atoms with E-state index in [1.165, 1.54) is 0 Å². The Balaban J connectivity index is 1.72. The van der Waals surface area contributed by atoms with Gasteiger partial charge in [-0.1, -0.05) is 50.2 Å². The first-order valence-electron chi connectivity index (χ1n) is 8.73. The lowest BCUT2D eigenvalue weighted by Gasteiger charge is -2.15. The van der Waals surface area contributed by atoms with Crippen molar-refractivity contribution >= 4 is 17.7 Å². The Hall–Kier alpha value is -3.14. The molecule has 1 N–H and O–H groups in total. The maximum atomic E-state index is 12.4. The van der Waals surface area contributed by atoms with Gasteiger partial charge in [0.1, 0.15) is 0 Å². The third kappa shape index (κ3) is 4.09. The van der Waals surface area contributed by atoms with Gasteiger partial charge in [0.05, 0.1) is 11.9 Å². The lowest BCUT2D eigenvalue weighted by atomic mass is 9.98. The summed E-state index contributed by atoms with van der Waals surface area (Å²) in [5.41, 5.74) is 4.96. The monoisotopic (exact) mass is 345 g/mol. The average molecular weight is 345 g/mol. The first kappa shape index (κ1) is 17.7. The van der Waals surface area contributed by atoms with E-state index in [-0.39, 0.29) is 5.91 Å². The quantitative estimate of drug-likeness (QED) is 0.665. The van der Waals surface area contributed by atoms with Crippen LogP contribution in [0.1, 0.15) is 36.5 Å². The molecule has 1 amide bonds. The molecule has 0 radical (unpaired) electrons. The maximum Gasteiger partial charge on any atom is 0.248 e. The number of nitrogens with zero attached hydrogens (tertiary/aromatic N) is 2. The van der Waals surface area contributed by atoms with Gasteiger partial charge in [-0.05, 0) is 42.2 Å². The van der Waals surface area contributed by atoms with Crippen molar-refractivity contribution in [3.05, 3.63) is 83.7 Å². The molecule has 3 aromatic rings. The first-order chi connectivity index (χ1) is 12.5. The summed E-state index contributed by atoms with van der Waals surface area (Å²) in [5.74, 6) is 0.201. The number of amides is 1. The Kier molecular flexibility index (Phi) is 5.32. The van der Waals surface area contributed by atoms with Gasteiger partial charge >= 0.3 is 0 Å². The van der Waals surface area contributed by atoms with E-state index in [9.17, 15) is 4.79 Å². The van der Waals surface area contributed by atoms with Gasteiger partial charge in [0.15, 0.2) is 0 Å². The van der Waals surface area contributed by atoms with E-state index in [1.54, 1.807) is 23.0 Å². The minimum Gasteiger partial charge on any atom is -0.322 e. The normalized spacial score (nSPS) is 11.2. The van der Waals surface area contributed by atoms with Crippen molar-refractivity contribution in [1.29, 1.82) is 0 Å². The van der Waals surface area contributed by atoms with E-state index in [0.717, 1.165) is 28.1 Å². The fraction of sp³-hybridized carbons (Fsp3) is 0.182. The lowest BCUT2D eigenvalue weighted by molar-refractivity contribution is -0.111. The van der Waals surface area contributed by atoms with Crippen LogP contribution in [0.25, 0.3) is 11.8 Å². The molecular weight excluding hydrogens is 322 g/mol. The number of nitrogens with one attached hydrogen (secondary N) is 1. The molecule has 0 atom stereocenters. The molecule has 2 aromatic carbocycles. The number of hydrogen-bond donors (Lipinski definition) is 1. The molecule has 0 aliphatic heterocycles. The van der Waals surface area contributed by atoms with E-state index < -0.39 is 0 Å². The number of aromatic nitrogens is 2. The van der Waals surface area contributed by atoms with E-state index in [2.05, 4.69) is 30.3 Å². The highest BCUT2D eigenvalue weighted by molar-refractivity contribution is 6.02. The van der Waals surface area contributed by atoms with Crippen molar-refractivity contribution in [2.75, 3.05) is 5.32 Å². The van der Waals surface area contributed by atoms with Crippen LogP contribution in [-0.2, 0) is 4.79 Å². The fourth-order valence-electron chi connectivity index (χ4n) is 2.82. The molecule has 132 valence electrons. The van der Waals surface area contributed by atoms with Crippen LogP contribution in [0.3, 0.4) is 0 Å². The maximum absolute atomic E-state index is 12.4. The molecule has 0 saturated carbocycles. The largest absolute Gasteiger partial charge is 0.322 e. The van der Waals surface area contributed by atoms with Crippen LogP contribution in [0.5, 0.6) is 0 Å². The highest BCUT2D eigenvalue weighted by Gasteiger charge is 2.10. The third-order valence-corrected chi connectivity index (χ3v) is 4.23. The zero-order valence-electron chi connectivity index (χ0n) is 15.3. The summed E-state index contributed by atoms with van der Waals surface area (Å²) in [5, 5.41) is 7.35. The summed E-state index contributed by atoms with van der Waals surface area (Å²) in [6.07, 6.45) is 6.95. The van der Waals surface area contributed by atoms with Crippen molar-refractivity contribution in [2.45, 2.75) is 26.7 Å². The van der Waals surface area contributed by atoms with Crippen LogP contribution >= 0.6 is 0 Å². The molecular formula is C22H23N3O.